The second kappa shape index (κ2) is 5.98. The van der Waals surface area contributed by atoms with E-state index in [1.54, 1.807) is 29.3 Å². The van der Waals surface area contributed by atoms with Crippen molar-refractivity contribution in [1.29, 1.82) is 0 Å². The average Bonchev–Trinajstić information content (AvgIpc) is 2.26. The highest BCUT2D eigenvalue weighted by Crippen LogP contribution is 2.13. The van der Waals surface area contributed by atoms with Gasteiger partial charge in [0, 0.05) is 19.2 Å². The van der Waals surface area contributed by atoms with Crippen LogP contribution in [0.3, 0.4) is 0 Å². The van der Waals surface area contributed by atoms with Crippen LogP contribution in [0.2, 0.25) is 0 Å². The van der Waals surface area contributed by atoms with E-state index in [2.05, 4.69) is 24.2 Å². The zero-order valence-corrected chi connectivity index (χ0v) is 10.4. The van der Waals surface area contributed by atoms with Gasteiger partial charge >= 0.3 is 0 Å². The molecule has 0 heterocycles. The highest BCUT2D eigenvalue weighted by molar-refractivity contribution is 5.92. The quantitative estimate of drug-likeness (QED) is 0.627. The van der Waals surface area contributed by atoms with E-state index in [1.807, 2.05) is 7.05 Å². The molecule has 1 aromatic carbocycles. The third-order valence-corrected chi connectivity index (χ3v) is 2.09. The molecule has 0 fully saturated rings. The minimum atomic E-state index is -0.439. The third kappa shape index (κ3) is 4.63. The smallest absolute Gasteiger partial charge is 0.248 e. The van der Waals surface area contributed by atoms with Crippen molar-refractivity contribution in [2.75, 3.05) is 13.6 Å². The first kappa shape index (κ1) is 13.2. The Morgan fingerprint density at radius 2 is 1.94 bits per heavy atom. The van der Waals surface area contributed by atoms with E-state index in [-0.39, 0.29) is 0 Å². The van der Waals surface area contributed by atoms with Crippen molar-refractivity contribution >= 4 is 11.6 Å². The van der Waals surface area contributed by atoms with E-state index in [0.29, 0.717) is 17.2 Å². The van der Waals surface area contributed by atoms with E-state index in [1.165, 1.54) is 0 Å². The zero-order valence-electron chi connectivity index (χ0n) is 10.4. The molecule has 0 aliphatic heterocycles. The van der Waals surface area contributed by atoms with Gasteiger partial charge in [0.15, 0.2) is 0 Å². The van der Waals surface area contributed by atoms with Gasteiger partial charge in [0.25, 0.3) is 0 Å². The number of carbonyl (C=O) groups excluding carboxylic acids is 1. The van der Waals surface area contributed by atoms with Gasteiger partial charge in [-0.1, -0.05) is 19.1 Å². The van der Waals surface area contributed by atoms with Gasteiger partial charge in [0.1, 0.15) is 0 Å². The van der Waals surface area contributed by atoms with Crippen LogP contribution in [0.25, 0.3) is 0 Å². The Morgan fingerprint density at radius 1 is 1.35 bits per heavy atom. The fraction of sp³-hybridized carbons (Fsp3) is 0.417. The van der Waals surface area contributed by atoms with Gasteiger partial charge in [-0.15, -0.1) is 5.11 Å². The molecule has 1 aromatic rings. The first-order chi connectivity index (χ1) is 7.99. The van der Waals surface area contributed by atoms with E-state index in [9.17, 15) is 4.79 Å². The molecule has 2 N–H and O–H groups in total. The molecule has 92 valence electrons. The van der Waals surface area contributed by atoms with Crippen molar-refractivity contribution in [1.82, 2.24) is 5.01 Å². The minimum Gasteiger partial charge on any atom is -0.366 e. The topological polar surface area (TPSA) is 71.1 Å². The molecule has 0 aliphatic rings. The molecule has 0 spiro atoms. The molecule has 5 heteroatoms. The molecule has 0 aliphatic carbocycles. The number of hydrogen-bond acceptors (Lipinski definition) is 3. The van der Waals surface area contributed by atoms with Crippen LogP contribution in [-0.2, 0) is 0 Å². The van der Waals surface area contributed by atoms with Crippen LogP contribution in [0, 0.1) is 5.92 Å². The van der Waals surface area contributed by atoms with Gasteiger partial charge in [-0.2, -0.15) is 0 Å². The Morgan fingerprint density at radius 3 is 2.41 bits per heavy atom. The van der Waals surface area contributed by atoms with E-state index >= 15 is 0 Å². The molecule has 5 nitrogen and oxygen atoms in total. The molecule has 0 saturated heterocycles. The predicted molar refractivity (Wildman–Crippen MR) is 66.9 cm³/mol. The lowest BCUT2D eigenvalue weighted by Crippen LogP contribution is -2.16. The maximum absolute atomic E-state index is 10.9. The Bertz CT molecular complexity index is 397. The van der Waals surface area contributed by atoms with Gasteiger partial charge in [-0.25, -0.2) is 0 Å². The largest absolute Gasteiger partial charge is 0.366 e. The van der Waals surface area contributed by atoms with Crippen molar-refractivity contribution in [3.8, 4) is 0 Å². The first-order valence-corrected chi connectivity index (χ1v) is 5.51. The van der Waals surface area contributed by atoms with Gasteiger partial charge in [-0.05, 0) is 30.2 Å². The van der Waals surface area contributed by atoms with Gasteiger partial charge < -0.3 is 5.73 Å². The summed E-state index contributed by atoms with van der Waals surface area (Å²) in [5.74, 6) is 0.0987. The minimum absolute atomic E-state index is 0.439. The molecular formula is C12H18N4O. The molecule has 0 saturated carbocycles. The second-order valence-corrected chi connectivity index (χ2v) is 4.33. The summed E-state index contributed by atoms with van der Waals surface area (Å²) in [4.78, 5) is 10.9. The molecule has 0 unspecified atom stereocenters. The summed E-state index contributed by atoms with van der Waals surface area (Å²) >= 11 is 0. The Balaban J connectivity index is 2.62. The predicted octanol–water partition coefficient (Wildman–Crippen LogP) is 2.37. The number of rotatable bonds is 5. The number of nitrogens with zero attached hydrogens (tertiary/aromatic N) is 3. The Kier molecular flexibility index (Phi) is 4.63. The van der Waals surface area contributed by atoms with E-state index < -0.39 is 5.91 Å². The molecule has 17 heavy (non-hydrogen) atoms. The number of amides is 1. The van der Waals surface area contributed by atoms with Crippen molar-refractivity contribution in [2.24, 2.45) is 22.0 Å². The second-order valence-electron chi connectivity index (χ2n) is 4.33. The fourth-order valence-corrected chi connectivity index (χ4v) is 1.39. The molecule has 1 amide bonds. The summed E-state index contributed by atoms with van der Waals surface area (Å²) in [6.07, 6.45) is 0. The normalized spacial score (nSPS) is 11.1. The number of hydrogen-bond donors (Lipinski definition) is 1. The van der Waals surface area contributed by atoms with E-state index in [0.717, 1.165) is 6.54 Å². The number of benzene rings is 1. The first-order valence-electron chi connectivity index (χ1n) is 5.51. The fourth-order valence-electron chi connectivity index (χ4n) is 1.39. The number of carbonyl (C=O) groups is 1. The van der Waals surface area contributed by atoms with Crippen LogP contribution in [0.1, 0.15) is 24.2 Å². The summed E-state index contributed by atoms with van der Waals surface area (Å²) in [7, 11) is 1.88. The summed E-state index contributed by atoms with van der Waals surface area (Å²) in [6.45, 7) is 5.09. The lowest BCUT2D eigenvalue weighted by Gasteiger charge is -2.13. The number of nitrogens with two attached hydrogens (primary N) is 1. The zero-order chi connectivity index (χ0) is 12.8. The van der Waals surface area contributed by atoms with E-state index in [4.69, 9.17) is 5.73 Å². The molecule has 0 bridgehead atoms. The SMILES string of the molecule is CC(C)CN(C)N=Nc1ccc(C(N)=O)cc1. The molecule has 0 atom stereocenters. The van der Waals surface area contributed by atoms with Crippen LogP contribution < -0.4 is 5.73 Å². The summed E-state index contributed by atoms with van der Waals surface area (Å²) < 4.78 is 0. The van der Waals surface area contributed by atoms with Gasteiger partial charge in [-0.3, -0.25) is 9.80 Å². The van der Waals surface area contributed by atoms with Crippen LogP contribution in [-0.4, -0.2) is 24.5 Å². The van der Waals surface area contributed by atoms with Crippen molar-refractivity contribution < 1.29 is 4.79 Å². The lowest BCUT2D eigenvalue weighted by atomic mass is 10.2. The van der Waals surface area contributed by atoms with Crippen LogP contribution >= 0.6 is 0 Å². The van der Waals surface area contributed by atoms with Crippen molar-refractivity contribution in [2.45, 2.75) is 13.8 Å². The Hall–Kier alpha value is -1.91. The summed E-state index contributed by atoms with van der Waals surface area (Å²) in [5.41, 5.74) is 6.31. The molecule has 0 radical (unpaired) electrons. The van der Waals surface area contributed by atoms with Crippen LogP contribution in [0.5, 0.6) is 0 Å². The van der Waals surface area contributed by atoms with Crippen molar-refractivity contribution in [3.63, 3.8) is 0 Å². The average molecular weight is 234 g/mol. The van der Waals surface area contributed by atoms with Gasteiger partial charge in [0.05, 0.1) is 5.69 Å². The molecular weight excluding hydrogens is 216 g/mol. The van der Waals surface area contributed by atoms with Crippen LogP contribution in [0.15, 0.2) is 34.6 Å². The molecule has 1 rings (SSSR count). The van der Waals surface area contributed by atoms with Crippen molar-refractivity contribution in [3.05, 3.63) is 29.8 Å². The third-order valence-electron chi connectivity index (χ3n) is 2.09. The summed E-state index contributed by atoms with van der Waals surface area (Å²) in [5, 5.41) is 9.89. The highest BCUT2D eigenvalue weighted by atomic mass is 16.1. The summed E-state index contributed by atoms with van der Waals surface area (Å²) in [6, 6.07) is 6.71. The Labute approximate surface area is 101 Å². The monoisotopic (exact) mass is 234 g/mol. The van der Waals surface area contributed by atoms with Gasteiger partial charge in [0.2, 0.25) is 5.91 Å². The lowest BCUT2D eigenvalue weighted by molar-refractivity contribution is 0.100. The maximum atomic E-state index is 10.9. The highest BCUT2D eigenvalue weighted by Gasteiger charge is 2.00. The number of primary amides is 1. The molecule has 0 aromatic heterocycles. The maximum Gasteiger partial charge on any atom is 0.248 e. The van der Waals surface area contributed by atoms with Crippen LogP contribution in [0.4, 0.5) is 5.69 Å². The standard InChI is InChI=1S/C12H18N4O/c1-9(2)8-16(3)15-14-11-6-4-10(5-7-11)12(13)17/h4-7,9H,8H2,1-3H3,(H2,13,17).